The van der Waals surface area contributed by atoms with Gasteiger partial charge in [-0.25, -0.2) is 0 Å². The molecule has 0 aliphatic heterocycles. The maximum absolute atomic E-state index is 5.96. The molecule has 2 nitrogen and oxygen atoms in total. The van der Waals surface area contributed by atoms with Crippen LogP contribution >= 0.6 is 15.9 Å². The molecule has 2 saturated carbocycles. The first-order chi connectivity index (χ1) is 9.13. The Kier molecular flexibility index (Phi) is 3.86. The van der Waals surface area contributed by atoms with Gasteiger partial charge < -0.3 is 10.6 Å². The van der Waals surface area contributed by atoms with Crippen LogP contribution in [-0.4, -0.2) is 13.1 Å². The van der Waals surface area contributed by atoms with Crippen LogP contribution in [-0.2, 0) is 0 Å². The molecule has 1 aromatic carbocycles. The van der Waals surface area contributed by atoms with E-state index in [-0.39, 0.29) is 6.04 Å². The zero-order chi connectivity index (χ0) is 13.4. The highest BCUT2D eigenvalue weighted by molar-refractivity contribution is 9.10. The number of benzene rings is 1. The average Bonchev–Trinajstić information content (AvgIpc) is 3.23. The summed E-state index contributed by atoms with van der Waals surface area (Å²) in [7, 11) is 0. The van der Waals surface area contributed by atoms with Crippen LogP contribution in [0.2, 0.25) is 0 Å². The topological polar surface area (TPSA) is 29.3 Å². The van der Waals surface area contributed by atoms with Crippen molar-refractivity contribution in [2.24, 2.45) is 17.6 Å². The Morgan fingerprint density at radius 1 is 1.21 bits per heavy atom. The highest BCUT2D eigenvalue weighted by Crippen LogP contribution is 2.38. The molecular formula is C16H23BrN2. The molecule has 0 aromatic heterocycles. The summed E-state index contributed by atoms with van der Waals surface area (Å²) in [5.74, 6) is 1.86. The molecule has 0 heterocycles. The van der Waals surface area contributed by atoms with Crippen LogP contribution < -0.4 is 10.6 Å². The summed E-state index contributed by atoms with van der Waals surface area (Å²) in [5.41, 5.74) is 8.51. The van der Waals surface area contributed by atoms with E-state index in [1.165, 1.54) is 54.5 Å². The van der Waals surface area contributed by atoms with Crippen molar-refractivity contribution in [2.75, 3.05) is 18.0 Å². The summed E-state index contributed by atoms with van der Waals surface area (Å²) in [6, 6.07) is 6.71. The third kappa shape index (κ3) is 3.51. The van der Waals surface area contributed by atoms with Crippen molar-refractivity contribution < 1.29 is 0 Å². The van der Waals surface area contributed by atoms with E-state index in [4.69, 9.17) is 5.73 Å². The third-order valence-electron chi connectivity index (χ3n) is 4.19. The molecule has 0 radical (unpaired) electrons. The summed E-state index contributed by atoms with van der Waals surface area (Å²) in [5, 5.41) is 0. The SMILES string of the molecule is C[C@@H](N)c1ccc(N(CC2CC2)CC2CC2)c(Br)c1. The van der Waals surface area contributed by atoms with Gasteiger partial charge in [0.2, 0.25) is 0 Å². The lowest BCUT2D eigenvalue weighted by Crippen LogP contribution is -2.28. The highest BCUT2D eigenvalue weighted by Gasteiger charge is 2.30. The number of hydrogen-bond donors (Lipinski definition) is 1. The van der Waals surface area contributed by atoms with Gasteiger partial charge in [-0.05, 0) is 78.1 Å². The van der Waals surface area contributed by atoms with Gasteiger partial charge in [0.25, 0.3) is 0 Å². The maximum Gasteiger partial charge on any atom is 0.0511 e. The highest BCUT2D eigenvalue weighted by atomic mass is 79.9. The number of halogens is 1. The van der Waals surface area contributed by atoms with Gasteiger partial charge >= 0.3 is 0 Å². The number of rotatable bonds is 6. The predicted molar refractivity (Wildman–Crippen MR) is 84.4 cm³/mol. The molecule has 1 atom stereocenters. The number of hydrogen-bond acceptors (Lipinski definition) is 2. The Hall–Kier alpha value is -0.540. The standard InChI is InChI=1S/C16H23BrN2/c1-11(18)14-6-7-16(15(17)8-14)19(9-12-2-3-12)10-13-4-5-13/h6-8,11-13H,2-5,9-10,18H2,1H3/t11-/m1/s1. The van der Waals surface area contributed by atoms with Gasteiger partial charge in [0.05, 0.1) is 5.69 Å². The minimum absolute atomic E-state index is 0.102. The summed E-state index contributed by atoms with van der Waals surface area (Å²) >= 11 is 3.74. The Labute approximate surface area is 124 Å². The Morgan fingerprint density at radius 2 is 1.79 bits per heavy atom. The van der Waals surface area contributed by atoms with Crippen molar-refractivity contribution in [1.29, 1.82) is 0 Å². The third-order valence-corrected chi connectivity index (χ3v) is 4.82. The molecule has 2 fully saturated rings. The summed E-state index contributed by atoms with van der Waals surface area (Å²) in [6.07, 6.45) is 5.65. The Bertz CT molecular complexity index is 436. The molecule has 19 heavy (non-hydrogen) atoms. The molecule has 0 bridgehead atoms. The first-order valence-corrected chi connectivity index (χ1v) is 8.22. The van der Waals surface area contributed by atoms with E-state index in [1.54, 1.807) is 0 Å². The van der Waals surface area contributed by atoms with Gasteiger partial charge in [0.15, 0.2) is 0 Å². The van der Waals surface area contributed by atoms with E-state index in [2.05, 4.69) is 39.0 Å². The molecule has 0 spiro atoms. The lowest BCUT2D eigenvalue weighted by atomic mass is 10.1. The lowest BCUT2D eigenvalue weighted by Gasteiger charge is -2.26. The molecule has 0 saturated heterocycles. The van der Waals surface area contributed by atoms with E-state index in [9.17, 15) is 0 Å². The molecule has 3 heteroatoms. The second kappa shape index (κ2) is 5.45. The molecule has 2 N–H and O–H groups in total. The van der Waals surface area contributed by atoms with E-state index >= 15 is 0 Å². The molecule has 0 unspecified atom stereocenters. The first-order valence-electron chi connectivity index (χ1n) is 7.43. The van der Waals surface area contributed by atoms with E-state index in [0.29, 0.717) is 0 Å². The van der Waals surface area contributed by atoms with Crippen LogP contribution in [0.15, 0.2) is 22.7 Å². The smallest absolute Gasteiger partial charge is 0.0511 e. The summed E-state index contributed by atoms with van der Waals surface area (Å²) in [4.78, 5) is 2.59. The van der Waals surface area contributed by atoms with Crippen molar-refractivity contribution in [3.05, 3.63) is 28.2 Å². The van der Waals surface area contributed by atoms with Crippen molar-refractivity contribution in [3.63, 3.8) is 0 Å². The normalized spacial score (nSPS) is 20.4. The minimum Gasteiger partial charge on any atom is -0.370 e. The van der Waals surface area contributed by atoms with Gasteiger partial charge in [-0.1, -0.05) is 6.07 Å². The van der Waals surface area contributed by atoms with Gasteiger partial charge in [0, 0.05) is 23.6 Å². The predicted octanol–water partition coefficient (Wildman–Crippen LogP) is 4.10. The molecular weight excluding hydrogens is 300 g/mol. The van der Waals surface area contributed by atoms with E-state index in [1.807, 2.05) is 6.92 Å². The van der Waals surface area contributed by atoms with Crippen molar-refractivity contribution in [3.8, 4) is 0 Å². The molecule has 1 aromatic rings. The lowest BCUT2D eigenvalue weighted by molar-refractivity contribution is 0.678. The second-order valence-electron chi connectivity index (χ2n) is 6.29. The van der Waals surface area contributed by atoms with E-state index < -0.39 is 0 Å². The fourth-order valence-corrected chi connectivity index (χ4v) is 3.21. The molecule has 3 rings (SSSR count). The van der Waals surface area contributed by atoms with Crippen molar-refractivity contribution >= 4 is 21.6 Å². The zero-order valence-corrected chi connectivity index (χ0v) is 13.2. The number of nitrogens with two attached hydrogens (primary N) is 1. The first kappa shape index (κ1) is 13.4. The monoisotopic (exact) mass is 322 g/mol. The molecule has 0 amide bonds. The largest absolute Gasteiger partial charge is 0.370 e. The molecule has 2 aliphatic carbocycles. The van der Waals surface area contributed by atoms with Crippen LogP contribution in [0, 0.1) is 11.8 Å². The van der Waals surface area contributed by atoms with Crippen LogP contribution in [0.25, 0.3) is 0 Å². The van der Waals surface area contributed by atoms with Gasteiger partial charge in [-0.15, -0.1) is 0 Å². The van der Waals surface area contributed by atoms with Crippen molar-refractivity contribution in [2.45, 2.75) is 38.6 Å². The van der Waals surface area contributed by atoms with Gasteiger partial charge in [-0.2, -0.15) is 0 Å². The van der Waals surface area contributed by atoms with Crippen LogP contribution in [0.4, 0.5) is 5.69 Å². The van der Waals surface area contributed by atoms with E-state index in [0.717, 1.165) is 11.8 Å². The van der Waals surface area contributed by atoms with Gasteiger partial charge in [-0.3, -0.25) is 0 Å². The Morgan fingerprint density at radius 3 is 2.21 bits per heavy atom. The van der Waals surface area contributed by atoms with Crippen LogP contribution in [0.1, 0.15) is 44.2 Å². The maximum atomic E-state index is 5.96. The summed E-state index contributed by atoms with van der Waals surface area (Å²) in [6.45, 7) is 4.49. The number of nitrogens with zero attached hydrogens (tertiary/aromatic N) is 1. The second-order valence-corrected chi connectivity index (χ2v) is 7.15. The fourth-order valence-electron chi connectivity index (χ4n) is 2.56. The molecule has 2 aliphatic rings. The summed E-state index contributed by atoms with van der Waals surface area (Å²) < 4.78 is 1.20. The Balaban J connectivity index is 1.79. The quantitative estimate of drug-likeness (QED) is 0.854. The number of anilines is 1. The molecule has 104 valence electrons. The van der Waals surface area contributed by atoms with Crippen LogP contribution in [0.5, 0.6) is 0 Å². The average molecular weight is 323 g/mol. The zero-order valence-electron chi connectivity index (χ0n) is 11.6. The van der Waals surface area contributed by atoms with Crippen LogP contribution in [0.3, 0.4) is 0 Å². The van der Waals surface area contributed by atoms with Crippen molar-refractivity contribution in [1.82, 2.24) is 0 Å². The fraction of sp³-hybridized carbons (Fsp3) is 0.625. The minimum atomic E-state index is 0.102. The van der Waals surface area contributed by atoms with Gasteiger partial charge in [0.1, 0.15) is 0 Å².